The van der Waals surface area contributed by atoms with Crippen LogP contribution in [0.2, 0.25) is 0 Å². The first-order valence-corrected chi connectivity index (χ1v) is 10.6. The molecule has 2 atom stereocenters. The molecule has 1 saturated heterocycles. The van der Waals surface area contributed by atoms with Crippen molar-refractivity contribution in [2.24, 2.45) is 5.92 Å². The largest absolute Gasteiger partial charge is 0.378 e. The van der Waals surface area contributed by atoms with Gasteiger partial charge in [-0.3, -0.25) is 9.52 Å². The van der Waals surface area contributed by atoms with E-state index >= 15 is 0 Å². The van der Waals surface area contributed by atoms with Gasteiger partial charge in [0.25, 0.3) is 15.9 Å². The summed E-state index contributed by atoms with van der Waals surface area (Å²) in [5, 5.41) is 2.87. The van der Waals surface area contributed by atoms with Crippen molar-refractivity contribution in [1.82, 2.24) is 5.32 Å². The molecule has 28 heavy (non-hydrogen) atoms. The summed E-state index contributed by atoms with van der Waals surface area (Å²) in [7, 11) is -3.89. The number of carbonyl (C=O) groups is 1. The molecule has 1 aliphatic heterocycles. The highest BCUT2D eigenvalue weighted by Crippen LogP contribution is 2.20. The standard InChI is InChI=1S/C20H23FN2O4S/c1-14-11-15(9-10-27-14)13-22-20(24)16-3-2-4-19(12-16)28(25,26)23-18-7-5-17(21)6-8-18/h2-8,12,14-15,23H,9-11,13H2,1H3,(H,22,24)/t14-,15-/m1/s1. The number of hydrogen-bond acceptors (Lipinski definition) is 4. The van der Waals surface area contributed by atoms with Crippen LogP contribution in [0.1, 0.15) is 30.1 Å². The van der Waals surface area contributed by atoms with Gasteiger partial charge >= 0.3 is 0 Å². The van der Waals surface area contributed by atoms with E-state index in [1.54, 1.807) is 6.07 Å². The number of nitrogens with one attached hydrogen (secondary N) is 2. The second-order valence-corrected chi connectivity index (χ2v) is 8.60. The smallest absolute Gasteiger partial charge is 0.261 e. The van der Waals surface area contributed by atoms with Gasteiger partial charge in [-0.25, -0.2) is 12.8 Å². The first-order chi connectivity index (χ1) is 13.3. The van der Waals surface area contributed by atoms with Crippen LogP contribution in [-0.4, -0.2) is 33.6 Å². The zero-order chi connectivity index (χ0) is 20.1. The fourth-order valence-corrected chi connectivity index (χ4v) is 4.26. The van der Waals surface area contributed by atoms with Gasteiger partial charge in [0, 0.05) is 24.4 Å². The highest BCUT2D eigenvalue weighted by atomic mass is 32.2. The maximum atomic E-state index is 13.0. The average Bonchev–Trinajstić information content (AvgIpc) is 2.68. The average molecular weight is 406 g/mol. The Morgan fingerprint density at radius 2 is 1.96 bits per heavy atom. The zero-order valence-corrected chi connectivity index (χ0v) is 16.3. The number of amides is 1. The predicted molar refractivity (Wildman–Crippen MR) is 104 cm³/mol. The third-order valence-electron chi connectivity index (χ3n) is 4.65. The zero-order valence-electron chi connectivity index (χ0n) is 15.5. The van der Waals surface area contributed by atoms with Crippen molar-refractivity contribution in [3.05, 3.63) is 59.9 Å². The van der Waals surface area contributed by atoms with Gasteiger partial charge in [0.05, 0.1) is 11.0 Å². The van der Waals surface area contributed by atoms with Crippen molar-refractivity contribution >= 4 is 21.6 Å². The first kappa shape index (κ1) is 20.3. The molecule has 3 rings (SSSR count). The molecule has 0 aliphatic carbocycles. The van der Waals surface area contributed by atoms with Crippen LogP contribution in [0.25, 0.3) is 0 Å². The number of halogens is 1. The minimum Gasteiger partial charge on any atom is -0.378 e. The van der Waals surface area contributed by atoms with E-state index in [1.807, 2.05) is 6.92 Å². The van der Waals surface area contributed by atoms with Crippen LogP contribution in [0.3, 0.4) is 0 Å². The minimum atomic E-state index is -3.89. The van der Waals surface area contributed by atoms with E-state index < -0.39 is 15.8 Å². The molecular weight excluding hydrogens is 383 g/mol. The lowest BCUT2D eigenvalue weighted by molar-refractivity contribution is 0.00302. The molecule has 2 aromatic carbocycles. The molecular formula is C20H23FN2O4S. The molecule has 0 bridgehead atoms. The van der Waals surface area contributed by atoms with Crippen LogP contribution in [0, 0.1) is 11.7 Å². The Bertz CT molecular complexity index is 931. The quantitative estimate of drug-likeness (QED) is 0.772. The molecule has 0 unspecified atom stereocenters. The SMILES string of the molecule is C[C@@H]1C[C@H](CNC(=O)c2cccc(S(=O)(=O)Nc3ccc(F)cc3)c2)CCO1. The van der Waals surface area contributed by atoms with Crippen molar-refractivity contribution in [2.75, 3.05) is 17.9 Å². The van der Waals surface area contributed by atoms with Gasteiger partial charge in [-0.15, -0.1) is 0 Å². The predicted octanol–water partition coefficient (Wildman–Crippen LogP) is 3.17. The lowest BCUT2D eigenvalue weighted by atomic mass is 9.96. The number of anilines is 1. The Morgan fingerprint density at radius 3 is 2.68 bits per heavy atom. The fourth-order valence-electron chi connectivity index (χ4n) is 3.15. The van der Waals surface area contributed by atoms with Crippen molar-refractivity contribution in [3.8, 4) is 0 Å². The molecule has 8 heteroatoms. The fraction of sp³-hybridized carbons (Fsp3) is 0.350. The van der Waals surface area contributed by atoms with Crippen LogP contribution in [-0.2, 0) is 14.8 Å². The third-order valence-corrected chi connectivity index (χ3v) is 6.03. The lowest BCUT2D eigenvalue weighted by Crippen LogP contribution is -2.34. The summed E-state index contributed by atoms with van der Waals surface area (Å²) in [6.45, 7) is 3.22. The van der Waals surface area contributed by atoms with E-state index in [-0.39, 0.29) is 28.2 Å². The van der Waals surface area contributed by atoms with Crippen LogP contribution in [0.5, 0.6) is 0 Å². The Hall–Kier alpha value is -2.45. The van der Waals surface area contributed by atoms with Crippen LogP contribution in [0.4, 0.5) is 10.1 Å². The van der Waals surface area contributed by atoms with Gasteiger partial charge in [-0.05, 0) is 68.1 Å². The van der Waals surface area contributed by atoms with Gasteiger partial charge in [0.2, 0.25) is 0 Å². The van der Waals surface area contributed by atoms with Gasteiger partial charge in [-0.1, -0.05) is 6.07 Å². The first-order valence-electron chi connectivity index (χ1n) is 9.12. The molecule has 2 aromatic rings. The number of carbonyl (C=O) groups excluding carboxylic acids is 1. The maximum Gasteiger partial charge on any atom is 0.261 e. The van der Waals surface area contributed by atoms with Gasteiger partial charge in [0.1, 0.15) is 5.82 Å². The Morgan fingerprint density at radius 1 is 1.21 bits per heavy atom. The molecule has 1 amide bonds. The molecule has 2 N–H and O–H groups in total. The van der Waals surface area contributed by atoms with E-state index in [9.17, 15) is 17.6 Å². The van der Waals surface area contributed by atoms with Crippen LogP contribution >= 0.6 is 0 Å². The Labute approximate surface area is 164 Å². The summed E-state index contributed by atoms with van der Waals surface area (Å²) in [5.41, 5.74) is 0.506. The van der Waals surface area contributed by atoms with Crippen LogP contribution < -0.4 is 10.0 Å². The van der Waals surface area contributed by atoms with E-state index in [4.69, 9.17) is 4.74 Å². The number of rotatable bonds is 6. The monoisotopic (exact) mass is 406 g/mol. The Kier molecular flexibility index (Phi) is 6.31. The molecule has 1 aliphatic rings. The highest BCUT2D eigenvalue weighted by Gasteiger charge is 2.21. The van der Waals surface area contributed by atoms with Gasteiger partial charge in [-0.2, -0.15) is 0 Å². The molecule has 0 saturated carbocycles. The lowest BCUT2D eigenvalue weighted by Gasteiger charge is -2.27. The molecule has 150 valence electrons. The second-order valence-electron chi connectivity index (χ2n) is 6.92. The third kappa shape index (κ3) is 5.30. The molecule has 0 aromatic heterocycles. The number of hydrogen-bond donors (Lipinski definition) is 2. The van der Waals surface area contributed by atoms with Crippen molar-refractivity contribution in [1.29, 1.82) is 0 Å². The van der Waals surface area contributed by atoms with Crippen molar-refractivity contribution in [3.63, 3.8) is 0 Å². The topological polar surface area (TPSA) is 84.5 Å². The Balaban J connectivity index is 1.66. The highest BCUT2D eigenvalue weighted by molar-refractivity contribution is 7.92. The van der Waals surface area contributed by atoms with Crippen LogP contribution in [0.15, 0.2) is 53.4 Å². The summed E-state index contributed by atoms with van der Waals surface area (Å²) in [6, 6.07) is 10.8. The summed E-state index contributed by atoms with van der Waals surface area (Å²) in [5.74, 6) is -0.432. The van der Waals surface area contributed by atoms with E-state index in [1.165, 1.54) is 42.5 Å². The molecule has 0 radical (unpaired) electrons. The summed E-state index contributed by atoms with van der Waals surface area (Å²) in [4.78, 5) is 12.4. The summed E-state index contributed by atoms with van der Waals surface area (Å²) >= 11 is 0. The van der Waals surface area contributed by atoms with E-state index in [0.717, 1.165) is 12.8 Å². The van der Waals surface area contributed by atoms with Crippen molar-refractivity contribution < 1.29 is 22.3 Å². The second kappa shape index (κ2) is 8.70. The molecule has 1 fully saturated rings. The van der Waals surface area contributed by atoms with E-state index in [2.05, 4.69) is 10.0 Å². The molecule has 0 spiro atoms. The number of ether oxygens (including phenoxy) is 1. The van der Waals surface area contributed by atoms with Gasteiger partial charge < -0.3 is 10.1 Å². The summed E-state index contributed by atoms with van der Waals surface area (Å²) in [6.07, 6.45) is 1.96. The summed E-state index contributed by atoms with van der Waals surface area (Å²) < 4.78 is 46.0. The van der Waals surface area contributed by atoms with E-state index in [0.29, 0.717) is 19.1 Å². The minimum absolute atomic E-state index is 0.0378. The number of sulfonamides is 1. The van der Waals surface area contributed by atoms with Crippen molar-refractivity contribution in [2.45, 2.75) is 30.8 Å². The maximum absolute atomic E-state index is 13.0. The number of benzene rings is 2. The molecule has 1 heterocycles. The normalized spacial score (nSPS) is 19.8. The molecule has 6 nitrogen and oxygen atoms in total. The van der Waals surface area contributed by atoms with Gasteiger partial charge in [0.15, 0.2) is 0 Å².